The molecule has 1 aliphatic rings. The Morgan fingerprint density at radius 2 is 2.13 bits per heavy atom. The monoisotopic (exact) mass is 206 g/mol. The molecule has 1 aromatic heterocycles. The second kappa shape index (κ2) is 4.57. The standard InChI is InChI=1S/C11H18N4/c1-9-3-4-10(7-12)8-15(9)11-13-5-2-6-14-11/h2,5-6,9-10H,3-4,7-8,12H2,1H3. The molecule has 15 heavy (non-hydrogen) atoms. The molecule has 4 heteroatoms. The molecule has 0 radical (unpaired) electrons. The summed E-state index contributed by atoms with van der Waals surface area (Å²) in [7, 11) is 0. The van der Waals surface area contributed by atoms with E-state index >= 15 is 0 Å². The fraction of sp³-hybridized carbons (Fsp3) is 0.636. The molecule has 2 rings (SSSR count). The molecule has 1 aliphatic heterocycles. The molecule has 0 aromatic carbocycles. The van der Waals surface area contributed by atoms with Crippen molar-refractivity contribution in [3.63, 3.8) is 0 Å². The highest BCUT2D eigenvalue weighted by Crippen LogP contribution is 2.24. The maximum Gasteiger partial charge on any atom is 0.225 e. The molecule has 4 nitrogen and oxygen atoms in total. The van der Waals surface area contributed by atoms with E-state index in [0.29, 0.717) is 12.0 Å². The molecular formula is C11H18N4. The molecule has 1 aromatic rings. The van der Waals surface area contributed by atoms with Crippen LogP contribution < -0.4 is 10.6 Å². The van der Waals surface area contributed by atoms with Crippen LogP contribution in [0.25, 0.3) is 0 Å². The number of piperidine rings is 1. The third kappa shape index (κ3) is 2.26. The zero-order valence-corrected chi connectivity index (χ0v) is 9.13. The Balaban J connectivity index is 2.13. The minimum Gasteiger partial charge on any atom is -0.338 e. The van der Waals surface area contributed by atoms with Crippen LogP contribution in [-0.4, -0.2) is 29.1 Å². The normalized spacial score (nSPS) is 26.7. The third-order valence-electron chi connectivity index (χ3n) is 3.12. The average molecular weight is 206 g/mol. The lowest BCUT2D eigenvalue weighted by Gasteiger charge is -2.37. The van der Waals surface area contributed by atoms with Gasteiger partial charge in [-0.05, 0) is 38.3 Å². The maximum absolute atomic E-state index is 5.72. The van der Waals surface area contributed by atoms with Crippen LogP contribution in [0.4, 0.5) is 5.95 Å². The van der Waals surface area contributed by atoms with E-state index < -0.39 is 0 Å². The van der Waals surface area contributed by atoms with Crippen molar-refractivity contribution in [1.29, 1.82) is 0 Å². The van der Waals surface area contributed by atoms with Crippen molar-refractivity contribution < 1.29 is 0 Å². The SMILES string of the molecule is CC1CCC(CN)CN1c1ncccn1. The molecule has 0 amide bonds. The lowest BCUT2D eigenvalue weighted by atomic mass is 9.94. The highest BCUT2D eigenvalue weighted by molar-refractivity contribution is 5.31. The van der Waals surface area contributed by atoms with Crippen LogP contribution in [0.3, 0.4) is 0 Å². The van der Waals surface area contributed by atoms with E-state index in [1.165, 1.54) is 12.8 Å². The van der Waals surface area contributed by atoms with Crippen LogP contribution in [0, 0.1) is 5.92 Å². The molecule has 0 spiro atoms. The van der Waals surface area contributed by atoms with Gasteiger partial charge in [-0.2, -0.15) is 0 Å². The lowest BCUT2D eigenvalue weighted by molar-refractivity contribution is 0.369. The number of nitrogens with two attached hydrogens (primary N) is 1. The summed E-state index contributed by atoms with van der Waals surface area (Å²) in [6.45, 7) is 3.97. The summed E-state index contributed by atoms with van der Waals surface area (Å²) >= 11 is 0. The minimum atomic E-state index is 0.523. The van der Waals surface area contributed by atoms with Crippen molar-refractivity contribution in [2.75, 3.05) is 18.0 Å². The highest BCUT2D eigenvalue weighted by atomic mass is 15.3. The molecule has 0 aliphatic carbocycles. The van der Waals surface area contributed by atoms with Crippen molar-refractivity contribution in [3.8, 4) is 0 Å². The van der Waals surface area contributed by atoms with Crippen LogP contribution in [-0.2, 0) is 0 Å². The first-order valence-corrected chi connectivity index (χ1v) is 5.55. The van der Waals surface area contributed by atoms with Gasteiger partial charge in [0.05, 0.1) is 0 Å². The fourth-order valence-corrected chi connectivity index (χ4v) is 2.09. The van der Waals surface area contributed by atoms with E-state index in [0.717, 1.165) is 19.0 Å². The average Bonchev–Trinajstić information content (AvgIpc) is 2.31. The summed E-state index contributed by atoms with van der Waals surface area (Å²) in [4.78, 5) is 10.9. The first-order valence-electron chi connectivity index (χ1n) is 5.55. The molecule has 0 saturated carbocycles. The molecule has 2 atom stereocenters. The van der Waals surface area contributed by atoms with Gasteiger partial charge in [-0.25, -0.2) is 9.97 Å². The van der Waals surface area contributed by atoms with Gasteiger partial charge in [0.1, 0.15) is 0 Å². The third-order valence-corrected chi connectivity index (χ3v) is 3.12. The number of rotatable bonds is 2. The second-order valence-corrected chi connectivity index (χ2v) is 4.23. The van der Waals surface area contributed by atoms with Gasteiger partial charge in [0.2, 0.25) is 5.95 Å². The predicted molar refractivity (Wildman–Crippen MR) is 60.6 cm³/mol. The van der Waals surface area contributed by atoms with Gasteiger partial charge in [0, 0.05) is 25.0 Å². The van der Waals surface area contributed by atoms with Crippen molar-refractivity contribution in [1.82, 2.24) is 9.97 Å². The lowest BCUT2D eigenvalue weighted by Crippen LogP contribution is -2.44. The molecule has 2 unspecified atom stereocenters. The van der Waals surface area contributed by atoms with Crippen molar-refractivity contribution in [2.24, 2.45) is 11.7 Å². The number of nitrogens with zero attached hydrogens (tertiary/aromatic N) is 3. The number of aromatic nitrogens is 2. The highest BCUT2D eigenvalue weighted by Gasteiger charge is 2.25. The van der Waals surface area contributed by atoms with E-state index in [1.807, 2.05) is 6.07 Å². The van der Waals surface area contributed by atoms with Crippen LogP contribution in [0.5, 0.6) is 0 Å². The van der Waals surface area contributed by atoms with E-state index in [9.17, 15) is 0 Å². The van der Waals surface area contributed by atoms with Crippen molar-refractivity contribution in [2.45, 2.75) is 25.8 Å². The zero-order valence-electron chi connectivity index (χ0n) is 9.13. The molecule has 0 bridgehead atoms. The van der Waals surface area contributed by atoms with Crippen LogP contribution in [0.1, 0.15) is 19.8 Å². The number of hydrogen-bond acceptors (Lipinski definition) is 4. The minimum absolute atomic E-state index is 0.523. The summed E-state index contributed by atoms with van der Waals surface area (Å²) in [5.74, 6) is 1.42. The Kier molecular flexibility index (Phi) is 3.16. The largest absolute Gasteiger partial charge is 0.338 e. The molecule has 82 valence electrons. The van der Waals surface area contributed by atoms with Gasteiger partial charge < -0.3 is 10.6 Å². The zero-order chi connectivity index (χ0) is 10.7. The van der Waals surface area contributed by atoms with Crippen molar-refractivity contribution in [3.05, 3.63) is 18.5 Å². The number of anilines is 1. The Hall–Kier alpha value is -1.16. The summed E-state index contributed by atoms with van der Waals surface area (Å²) < 4.78 is 0. The Morgan fingerprint density at radius 3 is 2.80 bits per heavy atom. The Bertz CT molecular complexity index is 301. The fourth-order valence-electron chi connectivity index (χ4n) is 2.09. The van der Waals surface area contributed by atoms with E-state index in [-0.39, 0.29) is 0 Å². The Morgan fingerprint density at radius 1 is 1.40 bits per heavy atom. The predicted octanol–water partition coefficient (Wildman–Crippen LogP) is 1.04. The summed E-state index contributed by atoms with van der Waals surface area (Å²) in [6.07, 6.45) is 5.99. The number of hydrogen-bond donors (Lipinski definition) is 1. The smallest absolute Gasteiger partial charge is 0.225 e. The summed E-state index contributed by atoms with van der Waals surface area (Å²) in [5, 5.41) is 0. The summed E-state index contributed by atoms with van der Waals surface area (Å²) in [6, 6.07) is 2.37. The van der Waals surface area contributed by atoms with Crippen molar-refractivity contribution >= 4 is 5.95 Å². The van der Waals surface area contributed by atoms with E-state index in [4.69, 9.17) is 5.73 Å². The van der Waals surface area contributed by atoms with E-state index in [1.54, 1.807) is 12.4 Å². The topological polar surface area (TPSA) is 55.0 Å². The molecular weight excluding hydrogens is 188 g/mol. The van der Waals surface area contributed by atoms with Crippen LogP contribution >= 0.6 is 0 Å². The van der Waals surface area contributed by atoms with Gasteiger partial charge in [-0.1, -0.05) is 0 Å². The van der Waals surface area contributed by atoms with Gasteiger partial charge in [-0.15, -0.1) is 0 Å². The van der Waals surface area contributed by atoms with Gasteiger partial charge in [0.25, 0.3) is 0 Å². The first-order chi connectivity index (χ1) is 7.31. The molecule has 2 heterocycles. The van der Waals surface area contributed by atoms with Gasteiger partial charge >= 0.3 is 0 Å². The Labute approximate surface area is 90.5 Å². The summed E-state index contributed by atoms with van der Waals surface area (Å²) in [5.41, 5.74) is 5.72. The van der Waals surface area contributed by atoms with Crippen LogP contribution in [0.15, 0.2) is 18.5 Å². The van der Waals surface area contributed by atoms with Gasteiger partial charge in [-0.3, -0.25) is 0 Å². The molecule has 1 saturated heterocycles. The van der Waals surface area contributed by atoms with Gasteiger partial charge in [0.15, 0.2) is 0 Å². The molecule has 1 fully saturated rings. The van der Waals surface area contributed by atoms with E-state index in [2.05, 4.69) is 21.8 Å². The molecule has 2 N–H and O–H groups in total. The first kappa shape index (κ1) is 10.4. The quantitative estimate of drug-likeness (QED) is 0.785. The van der Waals surface area contributed by atoms with Crippen LogP contribution in [0.2, 0.25) is 0 Å². The second-order valence-electron chi connectivity index (χ2n) is 4.23. The maximum atomic E-state index is 5.72.